The SMILES string of the molecule is Cc1cc(NC(=O)Cn2cc(-c3cncnc3)cn2)n(-c2ccccn2)n1. The lowest BCUT2D eigenvalue weighted by Gasteiger charge is -2.08. The number of amides is 1. The van der Waals surface area contributed by atoms with E-state index in [0.717, 1.165) is 16.8 Å². The molecule has 4 rings (SSSR count). The standard InChI is InChI=1S/C18H16N8O/c1-13-6-17(26(24-13)16-4-2-3-5-21-16)23-18(27)11-25-10-15(9-22-25)14-7-19-12-20-8-14/h2-10,12H,11H2,1H3,(H,23,27). The average molecular weight is 360 g/mol. The second-order valence-corrected chi connectivity index (χ2v) is 5.87. The predicted molar refractivity (Wildman–Crippen MR) is 98.0 cm³/mol. The number of rotatable bonds is 5. The molecular formula is C18H16N8O. The van der Waals surface area contributed by atoms with Crippen LogP contribution in [0.2, 0.25) is 0 Å². The number of hydrogen-bond donors (Lipinski definition) is 1. The Kier molecular flexibility index (Phi) is 4.40. The lowest BCUT2D eigenvalue weighted by molar-refractivity contribution is -0.116. The molecule has 1 amide bonds. The van der Waals surface area contributed by atoms with Crippen LogP contribution in [0.15, 0.2) is 61.6 Å². The molecule has 0 aliphatic carbocycles. The zero-order valence-corrected chi connectivity index (χ0v) is 14.5. The van der Waals surface area contributed by atoms with Crippen molar-refractivity contribution in [3.05, 3.63) is 67.3 Å². The quantitative estimate of drug-likeness (QED) is 0.583. The first kappa shape index (κ1) is 16.6. The third kappa shape index (κ3) is 3.71. The lowest BCUT2D eigenvalue weighted by Crippen LogP contribution is -2.21. The molecule has 0 saturated heterocycles. The monoisotopic (exact) mass is 360 g/mol. The Balaban J connectivity index is 1.49. The van der Waals surface area contributed by atoms with Crippen LogP contribution in [0.5, 0.6) is 0 Å². The molecule has 0 aromatic carbocycles. The Morgan fingerprint density at radius 3 is 2.78 bits per heavy atom. The van der Waals surface area contributed by atoms with Crippen molar-refractivity contribution in [2.45, 2.75) is 13.5 Å². The Morgan fingerprint density at radius 1 is 1.15 bits per heavy atom. The highest BCUT2D eigenvalue weighted by Gasteiger charge is 2.13. The van der Waals surface area contributed by atoms with E-state index < -0.39 is 0 Å². The molecule has 1 N–H and O–H groups in total. The van der Waals surface area contributed by atoms with Gasteiger partial charge >= 0.3 is 0 Å². The molecule has 0 aliphatic heterocycles. The van der Waals surface area contributed by atoms with Gasteiger partial charge in [-0.2, -0.15) is 14.9 Å². The van der Waals surface area contributed by atoms with Gasteiger partial charge in [-0.3, -0.25) is 9.48 Å². The van der Waals surface area contributed by atoms with Crippen LogP contribution >= 0.6 is 0 Å². The number of aryl methyl sites for hydroxylation is 1. The van der Waals surface area contributed by atoms with Crippen LogP contribution in [0.3, 0.4) is 0 Å². The fraction of sp³-hybridized carbons (Fsp3) is 0.111. The largest absolute Gasteiger partial charge is 0.309 e. The summed E-state index contributed by atoms with van der Waals surface area (Å²) in [5, 5.41) is 11.5. The Labute approximate surface area is 154 Å². The minimum Gasteiger partial charge on any atom is -0.309 e. The third-order valence-corrected chi connectivity index (χ3v) is 3.80. The van der Waals surface area contributed by atoms with Crippen molar-refractivity contribution in [3.63, 3.8) is 0 Å². The van der Waals surface area contributed by atoms with Gasteiger partial charge in [-0.15, -0.1) is 0 Å². The van der Waals surface area contributed by atoms with Crippen LogP contribution in [0.4, 0.5) is 5.82 Å². The number of carbonyl (C=O) groups is 1. The van der Waals surface area contributed by atoms with Crippen molar-refractivity contribution in [1.29, 1.82) is 0 Å². The summed E-state index contributed by atoms with van der Waals surface area (Å²) in [5.41, 5.74) is 2.46. The number of pyridine rings is 1. The number of hydrogen-bond acceptors (Lipinski definition) is 6. The summed E-state index contributed by atoms with van der Waals surface area (Å²) in [6.45, 7) is 1.93. The molecule has 9 heteroatoms. The first-order valence-electron chi connectivity index (χ1n) is 8.25. The summed E-state index contributed by atoms with van der Waals surface area (Å²) in [7, 11) is 0. The van der Waals surface area contributed by atoms with Crippen LogP contribution in [-0.2, 0) is 11.3 Å². The molecule has 0 radical (unpaired) electrons. The van der Waals surface area contributed by atoms with Crippen molar-refractivity contribution < 1.29 is 4.79 Å². The van der Waals surface area contributed by atoms with Crippen LogP contribution in [-0.4, -0.2) is 40.4 Å². The van der Waals surface area contributed by atoms with Crippen LogP contribution in [0.25, 0.3) is 16.9 Å². The van der Waals surface area contributed by atoms with E-state index in [1.165, 1.54) is 6.33 Å². The van der Waals surface area contributed by atoms with Crippen molar-refractivity contribution >= 4 is 11.7 Å². The molecule has 0 aliphatic rings. The maximum absolute atomic E-state index is 12.5. The van der Waals surface area contributed by atoms with Gasteiger partial charge in [0.1, 0.15) is 18.7 Å². The number of aromatic nitrogens is 7. The van der Waals surface area contributed by atoms with Gasteiger partial charge in [-0.05, 0) is 19.1 Å². The van der Waals surface area contributed by atoms with E-state index >= 15 is 0 Å². The third-order valence-electron chi connectivity index (χ3n) is 3.80. The minimum atomic E-state index is -0.217. The smallest absolute Gasteiger partial charge is 0.247 e. The van der Waals surface area contributed by atoms with Crippen LogP contribution in [0, 0.1) is 6.92 Å². The highest BCUT2D eigenvalue weighted by atomic mass is 16.2. The second kappa shape index (κ2) is 7.16. The van der Waals surface area contributed by atoms with Gasteiger partial charge in [0.15, 0.2) is 5.82 Å². The van der Waals surface area contributed by atoms with Gasteiger partial charge in [0.05, 0.1) is 11.9 Å². The summed E-state index contributed by atoms with van der Waals surface area (Å²) in [5.74, 6) is 0.970. The van der Waals surface area contributed by atoms with Crippen molar-refractivity contribution in [1.82, 2.24) is 34.5 Å². The fourth-order valence-electron chi connectivity index (χ4n) is 2.62. The normalized spacial score (nSPS) is 10.7. The molecule has 4 aromatic heterocycles. The summed E-state index contributed by atoms with van der Waals surface area (Å²) in [6.07, 6.45) is 9.99. The van der Waals surface area contributed by atoms with Gasteiger partial charge in [0.2, 0.25) is 5.91 Å². The van der Waals surface area contributed by atoms with Crippen molar-refractivity contribution in [2.75, 3.05) is 5.32 Å². The molecule has 9 nitrogen and oxygen atoms in total. The summed E-state index contributed by atoms with van der Waals surface area (Å²) in [6, 6.07) is 7.31. The molecule has 0 saturated carbocycles. The second-order valence-electron chi connectivity index (χ2n) is 5.87. The molecule has 0 bridgehead atoms. The zero-order chi connectivity index (χ0) is 18.6. The summed E-state index contributed by atoms with van der Waals surface area (Å²) in [4.78, 5) is 24.7. The van der Waals surface area contributed by atoms with E-state index in [4.69, 9.17) is 0 Å². The Bertz CT molecular complexity index is 1060. The fourth-order valence-corrected chi connectivity index (χ4v) is 2.62. The van der Waals surface area contributed by atoms with Crippen molar-refractivity contribution in [2.24, 2.45) is 0 Å². The van der Waals surface area contributed by atoms with E-state index in [2.05, 4.69) is 30.5 Å². The molecule has 0 unspecified atom stereocenters. The highest BCUT2D eigenvalue weighted by Crippen LogP contribution is 2.17. The zero-order valence-electron chi connectivity index (χ0n) is 14.5. The van der Waals surface area contributed by atoms with E-state index in [0.29, 0.717) is 11.6 Å². The molecule has 0 fully saturated rings. The van der Waals surface area contributed by atoms with Gasteiger partial charge < -0.3 is 5.32 Å². The topological polar surface area (TPSA) is 103 Å². The summed E-state index contributed by atoms with van der Waals surface area (Å²) >= 11 is 0. The van der Waals surface area contributed by atoms with Crippen LogP contribution in [0.1, 0.15) is 5.69 Å². The Morgan fingerprint density at radius 2 is 2.00 bits per heavy atom. The minimum absolute atomic E-state index is 0.0696. The lowest BCUT2D eigenvalue weighted by atomic mass is 10.2. The van der Waals surface area contributed by atoms with E-state index in [9.17, 15) is 4.79 Å². The number of anilines is 1. The van der Waals surface area contributed by atoms with Gasteiger partial charge in [-0.25, -0.2) is 15.0 Å². The summed E-state index contributed by atoms with van der Waals surface area (Å²) < 4.78 is 3.16. The van der Waals surface area contributed by atoms with Gasteiger partial charge in [0, 0.05) is 42.0 Å². The van der Waals surface area contributed by atoms with E-state index in [-0.39, 0.29) is 12.5 Å². The van der Waals surface area contributed by atoms with Crippen molar-refractivity contribution in [3.8, 4) is 16.9 Å². The molecule has 134 valence electrons. The number of carbonyl (C=O) groups excluding carboxylic acids is 1. The molecule has 4 heterocycles. The van der Waals surface area contributed by atoms with Gasteiger partial charge in [0.25, 0.3) is 0 Å². The molecule has 4 aromatic rings. The van der Waals surface area contributed by atoms with E-state index in [1.54, 1.807) is 46.4 Å². The molecule has 0 atom stereocenters. The van der Waals surface area contributed by atoms with Gasteiger partial charge in [-0.1, -0.05) is 6.07 Å². The predicted octanol–water partition coefficient (Wildman–Crippen LogP) is 1.87. The number of nitrogens with zero attached hydrogens (tertiary/aromatic N) is 7. The maximum Gasteiger partial charge on any atom is 0.247 e. The van der Waals surface area contributed by atoms with Crippen LogP contribution < -0.4 is 5.32 Å². The first-order valence-corrected chi connectivity index (χ1v) is 8.25. The molecular weight excluding hydrogens is 344 g/mol. The first-order chi connectivity index (χ1) is 13.2. The van der Waals surface area contributed by atoms with E-state index in [1.807, 2.05) is 25.1 Å². The maximum atomic E-state index is 12.5. The number of nitrogens with one attached hydrogen (secondary N) is 1. The molecule has 0 spiro atoms. The average Bonchev–Trinajstić information content (AvgIpc) is 3.29. The highest BCUT2D eigenvalue weighted by molar-refractivity contribution is 5.90. The molecule has 27 heavy (non-hydrogen) atoms. The Hall–Kier alpha value is -3.88.